The maximum Gasteiger partial charge on any atom is 0.410 e. The first-order valence-corrected chi connectivity index (χ1v) is 21.2. The van der Waals surface area contributed by atoms with Crippen LogP contribution >= 0.6 is 0 Å². The predicted molar refractivity (Wildman–Crippen MR) is 227 cm³/mol. The Morgan fingerprint density at radius 3 is 1.87 bits per heavy atom. The molecule has 328 valence electrons. The van der Waals surface area contributed by atoms with Crippen molar-refractivity contribution < 1.29 is 43.3 Å². The van der Waals surface area contributed by atoms with Gasteiger partial charge in [-0.25, -0.2) is 4.79 Å². The SMILES string of the molecule is CCC(CC)C(C(=O)N(C)C(CC(=O)O)C(=O)N(C)C)N(C)C(=O)C1(N(C)C(=O)[C@@H]2C[C@@H](OC(C)C)CN2C(=O)OCC2c3ccccc3-c3ccccc32)CC(C)(C)C1. The molecule has 2 aromatic rings. The van der Waals surface area contributed by atoms with Crippen LogP contribution in [0.4, 0.5) is 4.79 Å². The zero-order chi connectivity index (χ0) is 44.4. The Hall–Kier alpha value is -4.98. The lowest BCUT2D eigenvalue weighted by atomic mass is 9.57. The van der Waals surface area contributed by atoms with E-state index < -0.39 is 71.9 Å². The molecular formula is C46H65N5O9. The normalized spacial score (nSPS) is 19.8. The minimum absolute atomic E-state index is 0.0740. The lowest BCUT2D eigenvalue weighted by molar-refractivity contribution is -0.174. The van der Waals surface area contributed by atoms with Crippen LogP contribution < -0.4 is 0 Å². The monoisotopic (exact) mass is 831 g/mol. The third kappa shape index (κ3) is 9.03. The highest BCUT2D eigenvalue weighted by atomic mass is 16.6. The Bertz CT molecular complexity index is 1890. The summed E-state index contributed by atoms with van der Waals surface area (Å²) < 4.78 is 12.2. The molecule has 1 heterocycles. The smallest absolute Gasteiger partial charge is 0.410 e. The summed E-state index contributed by atoms with van der Waals surface area (Å²) >= 11 is 0. The molecule has 1 aliphatic heterocycles. The van der Waals surface area contributed by atoms with E-state index in [4.69, 9.17) is 9.47 Å². The van der Waals surface area contributed by atoms with Crippen molar-refractivity contribution in [1.29, 1.82) is 0 Å². The van der Waals surface area contributed by atoms with Gasteiger partial charge in [0, 0.05) is 47.6 Å². The molecular weight excluding hydrogens is 767 g/mol. The molecule has 2 aromatic carbocycles. The number of hydrogen-bond acceptors (Lipinski definition) is 8. The average Bonchev–Trinajstić information content (AvgIpc) is 3.76. The van der Waals surface area contributed by atoms with Gasteiger partial charge in [0.05, 0.1) is 25.2 Å². The number of likely N-dealkylation sites (tertiary alicyclic amines) is 1. The van der Waals surface area contributed by atoms with Gasteiger partial charge in [-0.1, -0.05) is 89.1 Å². The molecule has 0 radical (unpaired) electrons. The molecule has 1 saturated carbocycles. The molecule has 0 aromatic heterocycles. The van der Waals surface area contributed by atoms with E-state index in [1.807, 2.05) is 77.9 Å². The summed E-state index contributed by atoms with van der Waals surface area (Å²) in [6.45, 7) is 11.9. The average molecular weight is 832 g/mol. The second-order valence-corrected chi connectivity index (χ2v) is 18.2. The molecule has 3 aliphatic rings. The van der Waals surface area contributed by atoms with E-state index in [1.54, 1.807) is 14.1 Å². The second-order valence-electron chi connectivity index (χ2n) is 18.2. The van der Waals surface area contributed by atoms with Crippen molar-refractivity contribution in [2.75, 3.05) is 48.4 Å². The van der Waals surface area contributed by atoms with Crippen molar-refractivity contribution in [3.63, 3.8) is 0 Å². The van der Waals surface area contributed by atoms with E-state index in [0.717, 1.165) is 27.2 Å². The van der Waals surface area contributed by atoms with E-state index in [9.17, 15) is 29.1 Å². The number of rotatable bonds is 16. The molecule has 60 heavy (non-hydrogen) atoms. The molecule has 5 amide bonds. The summed E-state index contributed by atoms with van der Waals surface area (Å²) in [6.07, 6.45) is -0.0151. The summed E-state index contributed by atoms with van der Waals surface area (Å²) in [4.78, 5) is 90.5. The number of fused-ring (bicyclic) bond motifs is 3. The fourth-order valence-corrected chi connectivity index (χ4v) is 9.98. The summed E-state index contributed by atoms with van der Waals surface area (Å²) in [5, 5.41) is 9.69. The van der Waals surface area contributed by atoms with Gasteiger partial charge in [-0.2, -0.15) is 0 Å². The molecule has 14 nitrogen and oxygen atoms in total. The molecule has 2 aliphatic carbocycles. The largest absolute Gasteiger partial charge is 0.481 e. The highest BCUT2D eigenvalue weighted by molar-refractivity contribution is 5.98. The molecule has 0 bridgehead atoms. The Kier molecular flexibility index (Phi) is 14.1. The topological polar surface area (TPSA) is 157 Å². The van der Waals surface area contributed by atoms with Crippen molar-refractivity contribution in [2.45, 2.75) is 122 Å². The van der Waals surface area contributed by atoms with E-state index in [2.05, 4.69) is 12.1 Å². The van der Waals surface area contributed by atoms with E-state index in [-0.39, 0.29) is 42.9 Å². The van der Waals surface area contributed by atoms with Crippen LogP contribution in [0.25, 0.3) is 11.1 Å². The lowest BCUT2D eigenvalue weighted by Gasteiger charge is -2.58. The van der Waals surface area contributed by atoms with Gasteiger partial charge in [0.15, 0.2) is 0 Å². The minimum atomic E-state index is -1.36. The number of ether oxygens (including phenoxy) is 2. The van der Waals surface area contributed by atoms with Gasteiger partial charge < -0.3 is 34.2 Å². The van der Waals surface area contributed by atoms with Crippen molar-refractivity contribution >= 4 is 35.7 Å². The first-order chi connectivity index (χ1) is 28.2. The molecule has 14 heteroatoms. The van der Waals surface area contributed by atoms with E-state index in [1.165, 1.54) is 40.7 Å². The van der Waals surface area contributed by atoms with Crippen molar-refractivity contribution in [1.82, 2.24) is 24.5 Å². The van der Waals surface area contributed by atoms with Crippen molar-refractivity contribution in [3.05, 3.63) is 59.7 Å². The van der Waals surface area contributed by atoms with Gasteiger partial charge in [0.2, 0.25) is 23.6 Å². The Morgan fingerprint density at radius 1 is 0.833 bits per heavy atom. The molecule has 4 atom stereocenters. The first kappa shape index (κ1) is 46.1. The molecule has 2 unspecified atom stereocenters. The highest BCUT2D eigenvalue weighted by Crippen LogP contribution is 2.52. The van der Waals surface area contributed by atoms with Crippen LogP contribution in [0, 0.1) is 11.3 Å². The van der Waals surface area contributed by atoms with Gasteiger partial charge in [-0.15, -0.1) is 0 Å². The Balaban J connectivity index is 1.43. The maximum absolute atomic E-state index is 15.1. The van der Waals surface area contributed by atoms with Crippen LogP contribution in [0.15, 0.2) is 48.5 Å². The number of aliphatic carboxylic acids is 1. The Morgan fingerprint density at radius 2 is 1.38 bits per heavy atom. The van der Waals surface area contributed by atoms with E-state index >= 15 is 4.79 Å². The highest BCUT2D eigenvalue weighted by Gasteiger charge is 2.61. The van der Waals surface area contributed by atoms with Gasteiger partial charge in [0.1, 0.15) is 30.3 Å². The van der Waals surface area contributed by atoms with Crippen LogP contribution in [0.3, 0.4) is 0 Å². The summed E-state index contributed by atoms with van der Waals surface area (Å²) in [6, 6.07) is 12.8. The Labute approximate surface area is 355 Å². The zero-order valence-corrected chi connectivity index (χ0v) is 37.3. The first-order valence-electron chi connectivity index (χ1n) is 21.2. The zero-order valence-electron chi connectivity index (χ0n) is 37.3. The number of amides is 5. The summed E-state index contributed by atoms with van der Waals surface area (Å²) in [5.74, 6) is -3.74. The molecule has 0 spiro atoms. The van der Waals surface area contributed by atoms with Crippen LogP contribution in [0.2, 0.25) is 0 Å². The molecule has 2 fully saturated rings. The van der Waals surface area contributed by atoms with E-state index in [0.29, 0.717) is 25.7 Å². The lowest BCUT2D eigenvalue weighted by Crippen LogP contribution is -2.71. The van der Waals surface area contributed by atoms with Gasteiger partial charge in [-0.3, -0.25) is 28.9 Å². The number of hydrogen-bond donors (Lipinski definition) is 1. The molecule has 5 rings (SSSR count). The minimum Gasteiger partial charge on any atom is -0.481 e. The second kappa shape index (κ2) is 18.3. The fourth-order valence-electron chi connectivity index (χ4n) is 9.98. The van der Waals surface area contributed by atoms with Crippen LogP contribution in [-0.2, 0) is 33.4 Å². The summed E-state index contributed by atoms with van der Waals surface area (Å²) in [5.41, 5.74) is 2.64. The summed E-state index contributed by atoms with van der Waals surface area (Å²) in [7, 11) is 7.53. The predicted octanol–water partition coefficient (Wildman–Crippen LogP) is 5.47. The number of carboxylic acids is 1. The molecule has 1 saturated heterocycles. The number of carboxylic acid groups (broad SMARTS) is 1. The number of nitrogens with zero attached hydrogens (tertiary/aromatic N) is 5. The number of likely N-dealkylation sites (N-methyl/N-ethyl adjacent to an activating group) is 4. The third-order valence-corrected chi connectivity index (χ3v) is 12.9. The van der Waals surface area contributed by atoms with Crippen LogP contribution in [-0.4, -0.2) is 150 Å². The third-order valence-electron chi connectivity index (χ3n) is 12.9. The number of carbonyl (C=O) groups excluding carboxylic acids is 5. The number of benzene rings is 2. The molecule has 1 N–H and O–H groups in total. The maximum atomic E-state index is 15.1. The van der Waals surface area contributed by atoms with Gasteiger partial charge in [0.25, 0.3) is 0 Å². The van der Waals surface area contributed by atoms with Crippen molar-refractivity contribution in [3.8, 4) is 11.1 Å². The van der Waals surface area contributed by atoms with Crippen LogP contribution in [0.1, 0.15) is 97.1 Å². The standard InChI is InChI=1S/C46H65N5O9/c1-12-29(13-2)39(42(56)48(9)36(23-38(52)53)40(54)47(7)8)49(10)43(57)46(26-45(5,6)27-46)50(11)41(55)37-22-30(60-28(3)4)24-51(37)44(58)59-25-35-33-20-16-14-18-31(33)32-19-15-17-21-34(32)35/h14-21,28-30,35-37,39H,12-13,22-27H2,1-11H3,(H,52,53)/t30-,36?,37+,39?/m1/s1. The van der Waals surface area contributed by atoms with Gasteiger partial charge in [-0.05, 0) is 60.3 Å². The van der Waals surface area contributed by atoms with Crippen molar-refractivity contribution in [2.24, 2.45) is 11.3 Å². The van der Waals surface area contributed by atoms with Crippen LogP contribution in [0.5, 0.6) is 0 Å². The number of carbonyl (C=O) groups is 6. The van der Waals surface area contributed by atoms with Gasteiger partial charge >= 0.3 is 12.1 Å². The fraction of sp³-hybridized carbons (Fsp3) is 0.609. The quantitative estimate of drug-likeness (QED) is 0.232.